The van der Waals surface area contributed by atoms with Crippen LogP contribution >= 0.6 is 11.6 Å². The lowest BCUT2D eigenvalue weighted by molar-refractivity contribution is 0.0847. The summed E-state index contributed by atoms with van der Waals surface area (Å²) < 4.78 is 0. The van der Waals surface area contributed by atoms with Crippen molar-refractivity contribution in [1.82, 2.24) is 20.8 Å². The summed E-state index contributed by atoms with van der Waals surface area (Å²) in [7, 11) is 0. The van der Waals surface area contributed by atoms with Crippen molar-refractivity contribution in [1.29, 1.82) is 0 Å². The maximum Gasteiger partial charge on any atom is 0.270 e. The number of nitrogens with one attached hydrogen (secondary N) is 2. The Hall–Kier alpha value is -3.77. The number of halogens is 1. The molecule has 2 aromatic heterocycles. The van der Waals surface area contributed by atoms with Gasteiger partial charge in [-0.1, -0.05) is 29.8 Å². The van der Waals surface area contributed by atoms with Crippen LogP contribution in [0.5, 0.6) is 0 Å². The fourth-order valence-electron chi connectivity index (χ4n) is 2.88. The molecule has 0 unspecified atom stereocenters. The Morgan fingerprint density at radius 3 is 2.38 bits per heavy atom. The van der Waals surface area contributed by atoms with Crippen molar-refractivity contribution in [2.24, 2.45) is 0 Å². The number of amides is 2. The molecule has 0 saturated carbocycles. The third-order valence-corrected chi connectivity index (χ3v) is 4.57. The number of carbonyl (C=O) groups is 2. The largest absolute Gasteiger partial charge is 0.270 e. The Labute approximate surface area is 171 Å². The number of para-hydroxylation sites is 1. The summed E-state index contributed by atoms with van der Waals surface area (Å²) >= 11 is 5.83. The predicted molar refractivity (Wildman–Crippen MR) is 111 cm³/mol. The molecule has 0 aliphatic carbocycles. The molecule has 0 spiro atoms. The van der Waals surface area contributed by atoms with Gasteiger partial charge >= 0.3 is 0 Å². The van der Waals surface area contributed by atoms with Crippen LogP contribution in [0, 0.1) is 0 Å². The molecule has 0 radical (unpaired) electrons. The van der Waals surface area contributed by atoms with Crippen LogP contribution in [0.3, 0.4) is 0 Å². The Balaban J connectivity index is 1.62. The van der Waals surface area contributed by atoms with Crippen molar-refractivity contribution in [3.63, 3.8) is 0 Å². The van der Waals surface area contributed by atoms with Gasteiger partial charge in [0.25, 0.3) is 11.8 Å². The average Bonchev–Trinajstić information content (AvgIpc) is 2.77. The zero-order valence-corrected chi connectivity index (χ0v) is 15.9. The van der Waals surface area contributed by atoms with Gasteiger partial charge < -0.3 is 0 Å². The minimum atomic E-state index is -0.448. The topological polar surface area (TPSA) is 84.0 Å². The molecule has 142 valence electrons. The molecule has 0 aliphatic rings. The first-order valence-electron chi connectivity index (χ1n) is 8.78. The fourth-order valence-corrected chi connectivity index (χ4v) is 3.01. The number of hydrazine groups is 1. The second kappa shape index (κ2) is 8.08. The average molecular weight is 403 g/mol. The molecule has 2 aromatic carbocycles. The van der Waals surface area contributed by atoms with Crippen LogP contribution in [-0.2, 0) is 0 Å². The van der Waals surface area contributed by atoms with Gasteiger partial charge in [-0.3, -0.25) is 25.4 Å². The van der Waals surface area contributed by atoms with E-state index in [2.05, 4.69) is 20.8 Å². The highest BCUT2D eigenvalue weighted by molar-refractivity contribution is 6.30. The van der Waals surface area contributed by atoms with Crippen LogP contribution in [-0.4, -0.2) is 21.8 Å². The van der Waals surface area contributed by atoms with Gasteiger partial charge in [-0.05, 0) is 48.5 Å². The minimum Gasteiger partial charge on any atom is -0.267 e. The number of carbonyl (C=O) groups excluding carboxylic acids is 2. The SMILES string of the molecule is O=C(NNC(=O)c1cc(-c2cccnc2)nc2ccccc12)c1ccc(Cl)cc1. The Kier molecular flexibility index (Phi) is 5.18. The molecular formula is C22H15ClN4O2. The lowest BCUT2D eigenvalue weighted by Crippen LogP contribution is -2.41. The highest BCUT2D eigenvalue weighted by Crippen LogP contribution is 2.24. The van der Waals surface area contributed by atoms with E-state index in [-0.39, 0.29) is 0 Å². The van der Waals surface area contributed by atoms with E-state index in [9.17, 15) is 9.59 Å². The molecule has 4 rings (SSSR count). The van der Waals surface area contributed by atoms with Gasteiger partial charge in [-0.25, -0.2) is 4.98 Å². The third-order valence-electron chi connectivity index (χ3n) is 4.31. The van der Waals surface area contributed by atoms with E-state index in [0.29, 0.717) is 32.7 Å². The van der Waals surface area contributed by atoms with Gasteiger partial charge in [-0.2, -0.15) is 0 Å². The Morgan fingerprint density at radius 2 is 1.62 bits per heavy atom. The maximum absolute atomic E-state index is 12.8. The highest BCUT2D eigenvalue weighted by Gasteiger charge is 2.15. The van der Waals surface area contributed by atoms with Crippen LogP contribution in [0.25, 0.3) is 22.2 Å². The molecule has 2 amide bonds. The van der Waals surface area contributed by atoms with E-state index >= 15 is 0 Å². The molecule has 0 bridgehead atoms. The summed E-state index contributed by atoms with van der Waals surface area (Å²) in [6, 6.07) is 19.0. The number of hydrogen-bond acceptors (Lipinski definition) is 4. The van der Waals surface area contributed by atoms with E-state index < -0.39 is 11.8 Å². The molecule has 2 heterocycles. The van der Waals surface area contributed by atoms with Gasteiger partial charge in [-0.15, -0.1) is 0 Å². The number of pyridine rings is 2. The highest BCUT2D eigenvalue weighted by atomic mass is 35.5. The molecule has 2 N–H and O–H groups in total. The van der Waals surface area contributed by atoms with Gasteiger partial charge in [0.15, 0.2) is 0 Å². The van der Waals surface area contributed by atoms with Gasteiger partial charge in [0.05, 0.1) is 16.8 Å². The van der Waals surface area contributed by atoms with Crippen molar-refractivity contribution in [2.75, 3.05) is 0 Å². The van der Waals surface area contributed by atoms with Crippen LogP contribution in [0.2, 0.25) is 5.02 Å². The molecule has 0 fully saturated rings. The maximum atomic E-state index is 12.8. The van der Waals surface area contributed by atoms with E-state index in [0.717, 1.165) is 5.56 Å². The quantitative estimate of drug-likeness (QED) is 0.507. The van der Waals surface area contributed by atoms with Crippen molar-refractivity contribution < 1.29 is 9.59 Å². The summed E-state index contributed by atoms with van der Waals surface area (Å²) in [5, 5.41) is 1.20. The first-order chi connectivity index (χ1) is 14.1. The molecular weight excluding hydrogens is 388 g/mol. The summed E-state index contributed by atoms with van der Waals surface area (Å²) in [5.74, 6) is -0.892. The molecule has 0 saturated heterocycles. The molecule has 29 heavy (non-hydrogen) atoms. The fraction of sp³-hybridized carbons (Fsp3) is 0. The van der Waals surface area contributed by atoms with Gasteiger partial charge in [0.1, 0.15) is 0 Å². The summed E-state index contributed by atoms with van der Waals surface area (Å²) in [5.41, 5.74) is 7.74. The van der Waals surface area contributed by atoms with Crippen LogP contribution in [0.15, 0.2) is 79.1 Å². The van der Waals surface area contributed by atoms with Crippen molar-refractivity contribution in [3.8, 4) is 11.3 Å². The second-order valence-electron chi connectivity index (χ2n) is 6.23. The van der Waals surface area contributed by atoms with Crippen LogP contribution < -0.4 is 10.9 Å². The minimum absolute atomic E-state index is 0.380. The Bertz CT molecular complexity index is 1190. The lowest BCUT2D eigenvalue weighted by Gasteiger charge is -2.11. The zero-order chi connectivity index (χ0) is 20.2. The van der Waals surface area contributed by atoms with Gasteiger partial charge in [0, 0.05) is 33.9 Å². The lowest BCUT2D eigenvalue weighted by atomic mass is 10.0. The molecule has 0 atom stereocenters. The van der Waals surface area contributed by atoms with Crippen LogP contribution in [0.4, 0.5) is 0 Å². The van der Waals surface area contributed by atoms with Crippen LogP contribution in [0.1, 0.15) is 20.7 Å². The van der Waals surface area contributed by atoms with Gasteiger partial charge in [0.2, 0.25) is 0 Å². The second-order valence-corrected chi connectivity index (χ2v) is 6.67. The number of nitrogens with zero attached hydrogens (tertiary/aromatic N) is 2. The molecule has 7 heteroatoms. The Morgan fingerprint density at radius 1 is 0.862 bits per heavy atom. The molecule has 6 nitrogen and oxygen atoms in total. The number of rotatable bonds is 3. The summed E-state index contributed by atoms with van der Waals surface area (Å²) in [6.45, 7) is 0. The van der Waals surface area contributed by atoms with Crippen molar-refractivity contribution in [3.05, 3.63) is 95.3 Å². The smallest absolute Gasteiger partial charge is 0.267 e. The predicted octanol–water partition coefficient (Wildman–Crippen LogP) is 4.03. The number of fused-ring (bicyclic) bond motifs is 1. The molecule has 4 aromatic rings. The van der Waals surface area contributed by atoms with Crippen molar-refractivity contribution in [2.45, 2.75) is 0 Å². The normalized spacial score (nSPS) is 10.5. The first kappa shape index (κ1) is 18.6. The van der Waals surface area contributed by atoms with E-state index in [1.54, 1.807) is 48.8 Å². The monoisotopic (exact) mass is 402 g/mol. The van der Waals surface area contributed by atoms with E-state index in [1.165, 1.54) is 0 Å². The van der Waals surface area contributed by atoms with Crippen molar-refractivity contribution >= 4 is 34.3 Å². The third kappa shape index (κ3) is 4.07. The first-order valence-corrected chi connectivity index (χ1v) is 9.16. The zero-order valence-electron chi connectivity index (χ0n) is 15.1. The standard InChI is InChI=1S/C22H15ClN4O2/c23-16-9-7-14(8-10-16)21(28)26-27-22(29)18-12-20(15-4-3-11-24-13-15)25-19-6-2-1-5-17(18)19/h1-13H,(H,26,28)(H,27,29). The number of benzene rings is 2. The summed E-state index contributed by atoms with van der Waals surface area (Å²) in [4.78, 5) is 33.8. The van der Waals surface area contributed by atoms with E-state index in [4.69, 9.17) is 11.6 Å². The van der Waals surface area contributed by atoms with E-state index in [1.807, 2.05) is 30.3 Å². The molecule has 0 aliphatic heterocycles. The number of hydrogen-bond donors (Lipinski definition) is 2. The summed E-state index contributed by atoms with van der Waals surface area (Å²) in [6.07, 6.45) is 3.35. The number of aromatic nitrogens is 2.